The van der Waals surface area contributed by atoms with E-state index in [0.29, 0.717) is 5.41 Å². The largest absolute Gasteiger partial charge is 0.380 e. The van der Waals surface area contributed by atoms with Crippen LogP contribution in [0, 0.1) is 5.41 Å². The molecule has 0 N–H and O–H groups in total. The summed E-state index contributed by atoms with van der Waals surface area (Å²) < 4.78 is 5.07. The lowest BCUT2D eigenvalue weighted by molar-refractivity contribution is -0.0898. The first-order chi connectivity index (χ1) is 3.41. The summed E-state index contributed by atoms with van der Waals surface area (Å²) in [5, 5.41) is 0. The molecule has 7 heavy (non-hydrogen) atoms. The SMILES string of the molecule is C1OCC12CSC2. The van der Waals surface area contributed by atoms with E-state index in [1.807, 2.05) is 11.8 Å². The van der Waals surface area contributed by atoms with Crippen LogP contribution >= 0.6 is 11.8 Å². The highest BCUT2D eigenvalue weighted by Crippen LogP contribution is 2.43. The number of rotatable bonds is 0. The summed E-state index contributed by atoms with van der Waals surface area (Å²) in [6.45, 7) is 2.08. The lowest BCUT2D eigenvalue weighted by atomic mass is 9.90. The van der Waals surface area contributed by atoms with Crippen molar-refractivity contribution in [2.45, 2.75) is 0 Å². The third kappa shape index (κ3) is 0.441. The molecule has 40 valence electrons. The molecule has 2 aliphatic heterocycles. The van der Waals surface area contributed by atoms with E-state index in [-0.39, 0.29) is 0 Å². The van der Waals surface area contributed by atoms with Gasteiger partial charge in [0.1, 0.15) is 0 Å². The number of thioether (sulfide) groups is 1. The van der Waals surface area contributed by atoms with E-state index in [9.17, 15) is 0 Å². The normalized spacial score (nSPS) is 34.3. The highest BCUT2D eigenvalue weighted by Gasteiger charge is 2.44. The molecule has 0 amide bonds. The average molecular weight is 116 g/mol. The summed E-state index contributed by atoms with van der Waals surface area (Å²) in [4.78, 5) is 0. The van der Waals surface area contributed by atoms with Crippen LogP contribution in [0.25, 0.3) is 0 Å². The Hall–Kier alpha value is 0.310. The van der Waals surface area contributed by atoms with Gasteiger partial charge in [0.15, 0.2) is 0 Å². The van der Waals surface area contributed by atoms with Gasteiger partial charge in [0.2, 0.25) is 0 Å². The quantitative estimate of drug-likeness (QED) is 0.462. The Morgan fingerprint density at radius 1 is 1.29 bits per heavy atom. The molecule has 2 fully saturated rings. The molecular weight excluding hydrogens is 108 g/mol. The maximum Gasteiger partial charge on any atom is 0.0560 e. The van der Waals surface area contributed by atoms with Crippen LogP contribution < -0.4 is 0 Å². The second-order valence-corrected chi connectivity index (χ2v) is 3.47. The zero-order chi connectivity index (χ0) is 4.74. The van der Waals surface area contributed by atoms with Crippen LogP contribution in [0.1, 0.15) is 0 Å². The zero-order valence-electron chi connectivity index (χ0n) is 4.14. The van der Waals surface area contributed by atoms with Gasteiger partial charge in [0, 0.05) is 16.9 Å². The molecule has 2 rings (SSSR count). The lowest BCUT2D eigenvalue weighted by Crippen LogP contribution is -2.52. The molecule has 1 nitrogen and oxygen atoms in total. The van der Waals surface area contributed by atoms with Crippen LogP contribution in [0.4, 0.5) is 0 Å². The Kier molecular flexibility index (Phi) is 0.707. The van der Waals surface area contributed by atoms with Gasteiger partial charge >= 0.3 is 0 Å². The Morgan fingerprint density at radius 3 is 2.00 bits per heavy atom. The molecule has 2 heterocycles. The van der Waals surface area contributed by atoms with E-state index in [1.54, 1.807) is 0 Å². The van der Waals surface area contributed by atoms with Crippen molar-refractivity contribution in [2.75, 3.05) is 24.7 Å². The predicted molar refractivity (Wildman–Crippen MR) is 30.6 cm³/mol. The van der Waals surface area contributed by atoms with Gasteiger partial charge in [-0.25, -0.2) is 0 Å². The van der Waals surface area contributed by atoms with Gasteiger partial charge in [-0.3, -0.25) is 0 Å². The second-order valence-electron chi connectivity index (χ2n) is 2.49. The van der Waals surface area contributed by atoms with Crippen molar-refractivity contribution in [2.24, 2.45) is 5.41 Å². The molecule has 0 bridgehead atoms. The first kappa shape index (κ1) is 4.21. The minimum atomic E-state index is 0.685. The van der Waals surface area contributed by atoms with Crippen molar-refractivity contribution in [3.63, 3.8) is 0 Å². The van der Waals surface area contributed by atoms with Gasteiger partial charge in [-0.1, -0.05) is 0 Å². The Bertz CT molecular complexity index is 68.6. The molecule has 0 radical (unpaired) electrons. The zero-order valence-corrected chi connectivity index (χ0v) is 4.96. The van der Waals surface area contributed by atoms with E-state index in [2.05, 4.69) is 0 Å². The molecule has 0 saturated carbocycles. The van der Waals surface area contributed by atoms with Crippen molar-refractivity contribution in [3.05, 3.63) is 0 Å². The highest BCUT2D eigenvalue weighted by atomic mass is 32.2. The van der Waals surface area contributed by atoms with Crippen LogP contribution in [0.5, 0.6) is 0 Å². The minimum Gasteiger partial charge on any atom is -0.380 e. The van der Waals surface area contributed by atoms with Crippen molar-refractivity contribution in [3.8, 4) is 0 Å². The van der Waals surface area contributed by atoms with Crippen molar-refractivity contribution in [1.29, 1.82) is 0 Å². The molecule has 2 saturated heterocycles. The van der Waals surface area contributed by atoms with Crippen LogP contribution in [0.15, 0.2) is 0 Å². The smallest absolute Gasteiger partial charge is 0.0560 e. The van der Waals surface area contributed by atoms with E-state index in [0.717, 1.165) is 13.2 Å². The maximum atomic E-state index is 5.07. The fourth-order valence-electron chi connectivity index (χ4n) is 0.948. The molecule has 2 aliphatic rings. The number of hydrogen-bond donors (Lipinski definition) is 0. The third-order valence-electron chi connectivity index (χ3n) is 1.63. The van der Waals surface area contributed by atoms with Gasteiger partial charge in [0.05, 0.1) is 13.2 Å². The molecule has 0 aromatic rings. The van der Waals surface area contributed by atoms with Gasteiger partial charge in [-0.05, 0) is 0 Å². The molecule has 2 heteroatoms. The van der Waals surface area contributed by atoms with Crippen LogP contribution in [-0.2, 0) is 4.74 Å². The monoisotopic (exact) mass is 116 g/mol. The lowest BCUT2D eigenvalue weighted by Gasteiger charge is -2.47. The fourth-order valence-corrected chi connectivity index (χ4v) is 2.06. The standard InChI is InChI=1S/C5H8OS/c1-5(2-6-1)3-7-4-5/h1-4H2. The summed E-state index contributed by atoms with van der Waals surface area (Å²) in [6.07, 6.45) is 0. The Labute approximate surface area is 47.4 Å². The molecule has 0 atom stereocenters. The number of ether oxygens (including phenoxy) is 1. The summed E-state index contributed by atoms with van der Waals surface area (Å²) in [7, 11) is 0. The second kappa shape index (κ2) is 1.17. The Balaban J connectivity index is 2.00. The van der Waals surface area contributed by atoms with E-state index in [4.69, 9.17) is 4.74 Å². The average Bonchev–Trinajstić information content (AvgIpc) is 1.20. The van der Waals surface area contributed by atoms with Gasteiger partial charge in [0.25, 0.3) is 0 Å². The summed E-state index contributed by atoms with van der Waals surface area (Å²) in [5.41, 5.74) is 0.685. The summed E-state index contributed by atoms with van der Waals surface area (Å²) >= 11 is 2.04. The number of hydrogen-bond acceptors (Lipinski definition) is 2. The summed E-state index contributed by atoms with van der Waals surface area (Å²) in [5.74, 6) is 2.71. The van der Waals surface area contributed by atoms with Crippen molar-refractivity contribution in [1.82, 2.24) is 0 Å². The topological polar surface area (TPSA) is 9.23 Å². The van der Waals surface area contributed by atoms with Gasteiger partial charge in [-0.2, -0.15) is 11.8 Å². The first-order valence-corrected chi connectivity index (χ1v) is 3.72. The molecule has 0 aromatic heterocycles. The van der Waals surface area contributed by atoms with Crippen LogP contribution in [-0.4, -0.2) is 24.7 Å². The van der Waals surface area contributed by atoms with Crippen LogP contribution in [0.3, 0.4) is 0 Å². The molecule has 1 spiro atoms. The van der Waals surface area contributed by atoms with Crippen LogP contribution in [0.2, 0.25) is 0 Å². The molecule has 0 aliphatic carbocycles. The third-order valence-corrected chi connectivity index (χ3v) is 3.27. The Morgan fingerprint density at radius 2 is 2.00 bits per heavy atom. The fraction of sp³-hybridized carbons (Fsp3) is 1.00. The van der Waals surface area contributed by atoms with E-state index >= 15 is 0 Å². The first-order valence-electron chi connectivity index (χ1n) is 2.57. The van der Waals surface area contributed by atoms with Gasteiger partial charge in [-0.15, -0.1) is 0 Å². The van der Waals surface area contributed by atoms with E-state index < -0.39 is 0 Å². The van der Waals surface area contributed by atoms with Gasteiger partial charge < -0.3 is 4.74 Å². The highest BCUT2D eigenvalue weighted by molar-refractivity contribution is 8.00. The maximum absolute atomic E-state index is 5.07. The molecule has 0 unspecified atom stereocenters. The minimum absolute atomic E-state index is 0.685. The van der Waals surface area contributed by atoms with Crippen molar-refractivity contribution >= 4 is 11.8 Å². The molecule has 0 aromatic carbocycles. The summed E-state index contributed by atoms with van der Waals surface area (Å²) in [6, 6.07) is 0. The van der Waals surface area contributed by atoms with E-state index in [1.165, 1.54) is 11.5 Å². The van der Waals surface area contributed by atoms with Crippen molar-refractivity contribution < 1.29 is 4.74 Å². The predicted octanol–water partition coefficient (Wildman–Crippen LogP) is 0.750. The molecular formula is C5H8OS.